The summed E-state index contributed by atoms with van der Waals surface area (Å²) in [5.74, 6) is -0.653. The van der Waals surface area contributed by atoms with Gasteiger partial charge in [0.05, 0.1) is 29.2 Å². The number of carbonyl (C=O) groups is 1. The number of aromatic nitrogens is 3. The molecule has 0 saturated heterocycles. The lowest BCUT2D eigenvalue weighted by atomic mass is 10.0. The molecule has 0 aliphatic carbocycles. The highest BCUT2D eigenvalue weighted by atomic mass is 19.4. The predicted octanol–water partition coefficient (Wildman–Crippen LogP) is 4.81. The zero-order valence-corrected chi connectivity index (χ0v) is 18.6. The Labute approximate surface area is 195 Å². The molecule has 1 aliphatic rings. The van der Waals surface area contributed by atoms with E-state index in [4.69, 9.17) is 0 Å². The number of amides is 1. The summed E-state index contributed by atoms with van der Waals surface area (Å²) in [5, 5.41) is 0. The molecule has 0 N–H and O–H groups in total. The second-order valence-electron chi connectivity index (χ2n) is 8.35. The number of fused-ring (bicyclic) bond motifs is 1. The van der Waals surface area contributed by atoms with Crippen LogP contribution in [0.4, 0.5) is 26.3 Å². The molecule has 186 valence electrons. The Balaban J connectivity index is 1.74. The Morgan fingerprint density at radius 1 is 1.00 bits per heavy atom. The molecule has 12 heteroatoms. The number of carbonyl (C=O) groups excluding carboxylic acids is 1. The highest BCUT2D eigenvalue weighted by Gasteiger charge is 2.38. The van der Waals surface area contributed by atoms with Gasteiger partial charge >= 0.3 is 12.4 Å². The first-order chi connectivity index (χ1) is 16.3. The van der Waals surface area contributed by atoms with Gasteiger partial charge in [0.25, 0.3) is 11.5 Å². The van der Waals surface area contributed by atoms with Crippen molar-refractivity contribution in [1.82, 2.24) is 19.0 Å². The first-order valence-electron chi connectivity index (χ1n) is 10.6. The van der Waals surface area contributed by atoms with Crippen LogP contribution in [0, 0.1) is 6.92 Å². The molecule has 1 aromatic carbocycles. The zero-order chi connectivity index (χ0) is 25.7. The van der Waals surface area contributed by atoms with Crippen molar-refractivity contribution in [2.75, 3.05) is 0 Å². The first-order valence-corrected chi connectivity index (χ1v) is 10.6. The molecule has 0 saturated carbocycles. The third-order valence-electron chi connectivity index (χ3n) is 5.93. The molecule has 0 radical (unpaired) electrons. The molecular weight excluding hydrogens is 478 g/mol. The SMILES string of the molecule is CC[C@@H]1Cn2c(ccc(-n3cnc(C)c3)c2=O)C(=O)N1Cc1cc(C(F)(F)F)cc(C(F)(F)F)c1. The van der Waals surface area contributed by atoms with Crippen molar-refractivity contribution in [3.8, 4) is 5.69 Å². The molecule has 2 aromatic heterocycles. The number of imidazole rings is 1. The van der Waals surface area contributed by atoms with Crippen LogP contribution < -0.4 is 5.56 Å². The molecule has 35 heavy (non-hydrogen) atoms. The van der Waals surface area contributed by atoms with E-state index in [1.54, 1.807) is 20.0 Å². The van der Waals surface area contributed by atoms with Crippen LogP contribution in [0.5, 0.6) is 0 Å². The van der Waals surface area contributed by atoms with Crippen molar-refractivity contribution in [1.29, 1.82) is 0 Å². The van der Waals surface area contributed by atoms with E-state index in [2.05, 4.69) is 4.98 Å². The Morgan fingerprint density at radius 2 is 1.63 bits per heavy atom. The smallest absolute Gasteiger partial charge is 0.328 e. The lowest BCUT2D eigenvalue weighted by Crippen LogP contribution is -2.50. The normalized spacial score (nSPS) is 16.5. The fourth-order valence-electron chi connectivity index (χ4n) is 4.16. The van der Waals surface area contributed by atoms with Crippen LogP contribution in [-0.4, -0.2) is 31.0 Å². The van der Waals surface area contributed by atoms with E-state index < -0.39 is 47.5 Å². The minimum absolute atomic E-state index is 0.00306. The highest BCUT2D eigenvalue weighted by molar-refractivity contribution is 5.93. The van der Waals surface area contributed by atoms with Crippen LogP contribution >= 0.6 is 0 Å². The lowest BCUT2D eigenvalue weighted by Gasteiger charge is -2.37. The molecule has 6 nitrogen and oxygen atoms in total. The minimum Gasteiger partial charge on any atom is -0.328 e. The molecule has 3 aromatic rings. The monoisotopic (exact) mass is 498 g/mol. The Hall–Kier alpha value is -3.57. The number of nitrogens with zero attached hydrogens (tertiary/aromatic N) is 4. The predicted molar refractivity (Wildman–Crippen MR) is 113 cm³/mol. The average molecular weight is 498 g/mol. The van der Waals surface area contributed by atoms with Crippen molar-refractivity contribution in [2.24, 2.45) is 0 Å². The van der Waals surface area contributed by atoms with Gasteiger partial charge in [-0.1, -0.05) is 6.92 Å². The fourth-order valence-corrected chi connectivity index (χ4v) is 4.16. The summed E-state index contributed by atoms with van der Waals surface area (Å²) in [6.07, 6.45) is -6.55. The summed E-state index contributed by atoms with van der Waals surface area (Å²) in [7, 11) is 0. The van der Waals surface area contributed by atoms with Gasteiger partial charge in [-0.3, -0.25) is 9.59 Å². The third-order valence-corrected chi connectivity index (χ3v) is 5.93. The van der Waals surface area contributed by atoms with Gasteiger partial charge in [0.2, 0.25) is 0 Å². The maximum atomic E-state index is 13.3. The maximum absolute atomic E-state index is 13.3. The first kappa shape index (κ1) is 24.6. The van der Waals surface area contributed by atoms with Crippen LogP contribution in [0.1, 0.15) is 46.2 Å². The lowest BCUT2D eigenvalue weighted by molar-refractivity contribution is -0.143. The van der Waals surface area contributed by atoms with Crippen LogP contribution in [0.15, 0.2) is 47.7 Å². The van der Waals surface area contributed by atoms with Crippen molar-refractivity contribution >= 4 is 5.91 Å². The standard InChI is InChI=1S/C23H20F6N4O2/c1-3-17-11-33-19(5-4-18(20(33)34)31-9-13(2)30-12-31)21(35)32(17)10-14-6-15(22(24,25)26)8-16(7-14)23(27,28)29/h4-9,12,17H,3,10-11H2,1-2H3/t17-/m1/s1. The zero-order valence-electron chi connectivity index (χ0n) is 18.6. The van der Waals surface area contributed by atoms with Crippen LogP contribution in [-0.2, 0) is 25.4 Å². The second kappa shape index (κ2) is 8.58. The molecule has 1 atom stereocenters. The number of alkyl halides is 6. The van der Waals surface area contributed by atoms with Gasteiger partial charge in [0.1, 0.15) is 11.4 Å². The molecule has 0 spiro atoms. The molecule has 1 amide bonds. The van der Waals surface area contributed by atoms with Gasteiger partial charge < -0.3 is 14.0 Å². The summed E-state index contributed by atoms with van der Waals surface area (Å²) in [5.41, 5.74) is -2.71. The third kappa shape index (κ3) is 4.69. The van der Waals surface area contributed by atoms with Crippen molar-refractivity contribution < 1.29 is 31.1 Å². The van der Waals surface area contributed by atoms with Crippen molar-refractivity contribution in [2.45, 2.75) is 51.8 Å². The van der Waals surface area contributed by atoms with Crippen LogP contribution in [0.25, 0.3) is 5.69 Å². The van der Waals surface area contributed by atoms with Crippen LogP contribution in [0.3, 0.4) is 0 Å². The number of halogens is 6. The number of benzene rings is 1. The summed E-state index contributed by atoms with van der Waals surface area (Å²) in [4.78, 5) is 31.7. The summed E-state index contributed by atoms with van der Waals surface area (Å²) in [6.45, 7) is 3.04. The van der Waals surface area contributed by atoms with E-state index in [-0.39, 0.29) is 29.6 Å². The summed E-state index contributed by atoms with van der Waals surface area (Å²) < 4.78 is 82.4. The second-order valence-corrected chi connectivity index (χ2v) is 8.35. The highest BCUT2D eigenvalue weighted by Crippen LogP contribution is 2.37. The van der Waals surface area contributed by atoms with Gasteiger partial charge in [0, 0.05) is 19.3 Å². The number of rotatable bonds is 4. The molecule has 0 bridgehead atoms. The van der Waals surface area contributed by atoms with E-state index in [1.807, 2.05) is 0 Å². The molecule has 0 fully saturated rings. The maximum Gasteiger partial charge on any atom is 0.416 e. The average Bonchev–Trinajstić information content (AvgIpc) is 3.20. The van der Waals surface area contributed by atoms with Crippen molar-refractivity contribution in [3.63, 3.8) is 0 Å². The Kier molecular flexibility index (Phi) is 6.02. The number of hydrogen-bond donors (Lipinski definition) is 0. The fraction of sp³-hybridized carbons (Fsp3) is 0.348. The largest absolute Gasteiger partial charge is 0.416 e. The van der Waals surface area contributed by atoms with E-state index in [9.17, 15) is 35.9 Å². The van der Waals surface area contributed by atoms with Gasteiger partial charge in [-0.05, 0) is 49.2 Å². The van der Waals surface area contributed by atoms with Crippen molar-refractivity contribution in [3.05, 3.63) is 81.3 Å². The summed E-state index contributed by atoms with van der Waals surface area (Å²) >= 11 is 0. The van der Waals surface area contributed by atoms with Gasteiger partial charge in [-0.25, -0.2) is 4.98 Å². The van der Waals surface area contributed by atoms with Gasteiger partial charge in [-0.15, -0.1) is 0 Å². The quantitative estimate of drug-likeness (QED) is 0.485. The molecule has 1 aliphatic heterocycles. The molecule has 0 unspecified atom stereocenters. The van der Waals surface area contributed by atoms with E-state index >= 15 is 0 Å². The van der Waals surface area contributed by atoms with Gasteiger partial charge in [-0.2, -0.15) is 26.3 Å². The molecular formula is C23H20F6N4O2. The molecule has 3 heterocycles. The summed E-state index contributed by atoms with van der Waals surface area (Å²) in [6, 6.07) is 3.51. The Morgan fingerprint density at radius 3 is 2.14 bits per heavy atom. The minimum atomic E-state index is -4.99. The van der Waals surface area contributed by atoms with E-state index in [0.29, 0.717) is 24.2 Å². The molecule has 4 rings (SSSR count). The number of hydrogen-bond acceptors (Lipinski definition) is 3. The number of pyridine rings is 1. The number of aryl methyl sites for hydroxylation is 1. The topological polar surface area (TPSA) is 60.1 Å². The van der Waals surface area contributed by atoms with E-state index in [1.165, 1.54) is 32.5 Å². The Bertz CT molecular complexity index is 1310. The van der Waals surface area contributed by atoms with E-state index in [0.717, 1.165) is 0 Å². The van der Waals surface area contributed by atoms with Crippen LogP contribution in [0.2, 0.25) is 0 Å². The van der Waals surface area contributed by atoms with Gasteiger partial charge in [0.15, 0.2) is 0 Å².